The molecule has 0 saturated heterocycles. The van der Waals surface area contributed by atoms with Crippen LogP contribution in [0.4, 0.5) is 56.9 Å². The second kappa shape index (κ2) is 24.7. The third kappa shape index (κ3) is 15.1. The van der Waals surface area contributed by atoms with Gasteiger partial charge in [-0.1, -0.05) is 36.4 Å². The minimum absolute atomic E-state index is 0.0302. The highest BCUT2D eigenvalue weighted by Crippen LogP contribution is 2.41. The number of aromatic hydroxyl groups is 1. The Morgan fingerprint density at radius 2 is 0.844 bits per heavy atom. The van der Waals surface area contributed by atoms with Crippen LogP contribution in [0.2, 0.25) is 0 Å². The number of fused-ring (bicyclic) bond motifs is 2. The van der Waals surface area contributed by atoms with E-state index in [0.29, 0.717) is 45.1 Å². The average Bonchev–Trinajstić information content (AvgIpc) is 3.37. The summed E-state index contributed by atoms with van der Waals surface area (Å²) in [5.74, 6) is 0.298. The topological polar surface area (TPSA) is 352 Å². The van der Waals surface area contributed by atoms with E-state index in [1.165, 1.54) is 25.3 Å². The Kier molecular flexibility index (Phi) is 18.4. The first kappa shape index (κ1) is 57.4. The third-order valence-corrected chi connectivity index (χ3v) is 12.9. The molecule has 77 heavy (non-hydrogen) atoms. The Labute approximate surface area is 443 Å². The fourth-order valence-electron chi connectivity index (χ4n) is 7.37. The molecule has 8 aromatic rings. The molecule has 0 aliphatic heterocycles. The first-order chi connectivity index (χ1) is 36.3. The number of para-hydroxylation sites is 1. The van der Waals surface area contributed by atoms with Gasteiger partial charge in [-0.3, -0.25) is 9.11 Å². The van der Waals surface area contributed by atoms with Crippen molar-refractivity contribution in [3.63, 3.8) is 0 Å². The molecule has 0 atom stereocenters. The van der Waals surface area contributed by atoms with E-state index >= 15 is 0 Å². The van der Waals surface area contributed by atoms with Gasteiger partial charge >= 0.3 is 21.2 Å². The van der Waals surface area contributed by atoms with E-state index in [1.807, 2.05) is 107 Å². The van der Waals surface area contributed by atoms with E-state index < -0.39 is 51.2 Å². The Balaban J connectivity index is 0.00000112. The van der Waals surface area contributed by atoms with Gasteiger partial charge in [0.2, 0.25) is 0 Å². The van der Waals surface area contributed by atoms with Crippen molar-refractivity contribution in [3.8, 4) is 11.5 Å². The Hall–Kier alpha value is -8.86. The van der Waals surface area contributed by atoms with Gasteiger partial charge in [0.25, 0.3) is 20.2 Å². The molecule has 8 aromatic carbocycles. The molecule has 0 heterocycles. The Bertz CT molecular complexity index is 4180. The van der Waals surface area contributed by atoms with Gasteiger partial charge in [-0.25, -0.2) is 0 Å². The molecule has 0 aliphatic rings. The molecule has 0 aliphatic carbocycles. The molecule has 0 unspecified atom stereocenters. The number of rotatable bonds is 13. The number of hydrogen-bond donors (Lipinski definition) is 4. The van der Waals surface area contributed by atoms with E-state index in [4.69, 9.17) is 30.0 Å². The van der Waals surface area contributed by atoms with Gasteiger partial charge < -0.3 is 15.2 Å². The first-order valence-electron chi connectivity index (χ1n) is 22.0. The molecule has 0 bridgehead atoms. The summed E-state index contributed by atoms with van der Waals surface area (Å²) in [4.78, 5) is -1.09. The molecule has 0 spiro atoms. The molecule has 0 aromatic heterocycles. The molecule has 0 saturated carbocycles. The van der Waals surface area contributed by atoms with Crippen molar-refractivity contribution in [3.05, 3.63) is 155 Å². The predicted molar refractivity (Wildman–Crippen MR) is 285 cm³/mol. The summed E-state index contributed by atoms with van der Waals surface area (Å²) in [6.45, 7) is 9.27. The van der Waals surface area contributed by atoms with Crippen LogP contribution in [0.3, 0.4) is 0 Å². The molecule has 0 fully saturated rings. The van der Waals surface area contributed by atoms with Crippen LogP contribution in [0.15, 0.2) is 178 Å². The molecule has 27 heteroatoms. The SMILES string of the molecule is COc1cc(N=Nc2cc3c(S(=O)(=O)O)cccc3cc2S(=O)(=O)O)c(C)cc1N=Nc1cc(C)c(N=Nc2cc(C)c(N=Nc3ccc4cc(Nc5ccccc5)ccc4c3O)cc2C)cc1C.O=S(=O)=O.O=S(=O)=O. The van der Waals surface area contributed by atoms with Crippen LogP contribution in [0.1, 0.15) is 27.8 Å². The van der Waals surface area contributed by atoms with Crippen molar-refractivity contribution in [1.82, 2.24) is 0 Å². The molecule has 23 nitrogen and oxygen atoms in total. The molecule has 0 radical (unpaired) electrons. The summed E-state index contributed by atoms with van der Waals surface area (Å²) in [7, 11) is -14.3. The van der Waals surface area contributed by atoms with Gasteiger partial charge in [-0.15, -0.1) is 40.6 Å². The molecule has 4 N–H and O–H groups in total. The number of hydrogen-bond acceptors (Lipinski definition) is 21. The fraction of sp³-hybridized carbons (Fsp3) is 0.120. The molecular formula is C50H43N9O14S4. The maximum atomic E-state index is 12.3. The van der Waals surface area contributed by atoms with E-state index in [-0.39, 0.29) is 33.6 Å². The van der Waals surface area contributed by atoms with Gasteiger partial charge in [0.05, 0.1) is 35.5 Å². The summed E-state index contributed by atoms with van der Waals surface area (Å²) in [5, 5.41) is 51.3. The lowest BCUT2D eigenvalue weighted by Gasteiger charge is -2.10. The molecular weight excluding hydrogens is 1080 g/mol. The second-order valence-electron chi connectivity index (χ2n) is 16.5. The lowest BCUT2D eigenvalue weighted by atomic mass is 10.1. The number of nitrogens with one attached hydrogen (secondary N) is 1. The van der Waals surface area contributed by atoms with Crippen molar-refractivity contribution < 1.29 is 61.0 Å². The van der Waals surface area contributed by atoms with Gasteiger partial charge in [-0.05, 0) is 158 Å². The first-order valence-corrected chi connectivity index (χ1v) is 26.9. The standard InChI is InChI=1S/C50H43N9O8S2.2O3S/c1-28-20-41(29(2)19-40(28)53-52-39-18-15-34-24-36(16-17-37(34)50(39)60)51-35-12-8-7-9-13-35)54-55-42-21-31(4)43(22-30(42)3)56-58-45-23-32(5)44(27-47(45)67-6)57-59-46-26-38-33(25-49(46)69(64,65)66)11-10-14-48(38)68(61,62)63;2*1-4(2)3/h7-27,51,60H,1-6H3,(H,61,62,63)(H,64,65,66);;. The number of aryl methyl sites for hydroxylation is 5. The zero-order chi connectivity index (χ0) is 56.4. The van der Waals surface area contributed by atoms with Gasteiger partial charge in [0.1, 0.15) is 32.6 Å². The number of nitrogens with zero attached hydrogens (tertiary/aromatic N) is 8. The highest BCUT2D eigenvalue weighted by atomic mass is 32.2. The number of phenolic OH excluding ortho intramolecular Hbond substituents is 1. The average molecular weight is 1120 g/mol. The van der Waals surface area contributed by atoms with Crippen LogP contribution >= 0.6 is 0 Å². The van der Waals surface area contributed by atoms with Crippen LogP contribution < -0.4 is 10.1 Å². The smallest absolute Gasteiger partial charge is 0.425 e. The highest BCUT2D eigenvalue weighted by Gasteiger charge is 2.21. The number of benzene rings is 8. The minimum Gasteiger partial charge on any atom is -0.505 e. The van der Waals surface area contributed by atoms with Crippen molar-refractivity contribution in [2.24, 2.45) is 40.9 Å². The number of methoxy groups -OCH3 is 1. The zero-order valence-corrected chi connectivity index (χ0v) is 44.4. The van der Waals surface area contributed by atoms with Crippen molar-refractivity contribution in [1.29, 1.82) is 0 Å². The summed E-state index contributed by atoms with van der Waals surface area (Å²) >= 11 is 0. The molecule has 396 valence electrons. The maximum absolute atomic E-state index is 12.3. The summed E-state index contributed by atoms with van der Waals surface area (Å²) in [6, 6.07) is 35.8. The quantitative estimate of drug-likeness (QED) is 0.0615. The summed E-state index contributed by atoms with van der Waals surface area (Å²) in [6.07, 6.45) is 0. The van der Waals surface area contributed by atoms with Crippen molar-refractivity contribution in [2.75, 3.05) is 12.4 Å². The lowest BCUT2D eigenvalue weighted by molar-refractivity contribution is 0.416. The largest absolute Gasteiger partial charge is 0.505 e. The summed E-state index contributed by atoms with van der Waals surface area (Å²) in [5.41, 5.74) is 8.63. The number of anilines is 2. The summed E-state index contributed by atoms with van der Waals surface area (Å²) < 4.78 is 125. The number of phenols is 1. The normalized spacial score (nSPS) is 11.7. The molecule has 8 rings (SSSR count). The monoisotopic (exact) mass is 1120 g/mol. The maximum Gasteiger partial charge on any atom is 0.425 e. The molecule has 0 amide bonds. The van der Waals surface area contributed by atoms with Crippen LogP contribution in [-0.2, 0) is 41.5 Å². The third-order valence-electron chi connectivity index (χ3n) is 11.1. The van der Waals surface area contributed by atoms with Crippen LogP contribution in [-0.4, -0.2) is 63.4 Å². The predicted octanol–water partition coefficient (Wildman–Crippen LogP) is 13.1. The Morgan fingerprint density at radius 1 is 0.416 bits per heavy atom. The zero-order valence-electron chi connectivity index (χ0n) is 41.2. The van der Waals surface area contributed by atoms with Gasteiger partial charge in [0, 0.05) is 28.2 Å². The highest BCUT2D eigenvalue weighted by molar-refractivity contribution is 7.86. The van der Waals surface area contributed by atoms with Crippen LogP contribution in [0.25, 0.3) is 21.5 Å². The van der Waals surface area contributed by atoms with Crippen molar-refractivity contribution in [2.45, 2.75) is 44.4 Å². The van der Waals surface area contributed by atoms with Crippen molar-refractivity contribution >= 4 is 120 Å². The van der Waals surface area contributed by atoms with E-state index in [2.05, 4.69) is 46.2 Å². The lowest BCUT2D eigenvalue weighted by Crippen LogP contribution is -2.01. The van der Waals surface area contributed by atoms with E-state index in [0.717, 1.165) is 57.2 Å². The van der Waals surface area contributed by atoms with E-state index in [9.17, 15) is 31.0 Å². The van der Waals surface area contributed by atoms with Crippen LogP contribution in [0, 0.1) is 34.6 Å². The van der Waals surface area contributed by atoms with Gasteiger partial charge in [0.15, 0.2) is 5.75 Å². The van der Waals surface area contributed by atoms with Crippen LogP contribution in [0.5, 0.6) is 11.5 Å². The number of ether oxygens (including phenoxy) is 1. The minimum atomic E-state index is -4.83. The Morgan fingerprint density at radius 3 is 1.32 bits per heavy atom. The van der Waals surface area contributed by atoms with Gasteiger partial charge in [-0.2, -0.15) is 42.4 Å². The number of azo groups is 4. The van der Waals surface area contributed by atoms with E-state index in [1.54, 1.807) is 19.1 Å². The second-order valence-corrected chi connectivity index (χ2v) is 20.1. The fourth-order valence-corrected chi connectivity index (χ4v) is 8.71.